The van der Waals surface area contributed by atoms with Gasteiger partial charge < -0.3 is 0 Å². The standard InChI is InChI=1S/C15H28/c1-6-7-10(2)14-9-13(5)15(14)11(3)8-12(15)4/h10-14H,6-9H2,1-5H3. The van der Waals surface area contributed by atoms with E-state index in [1.54, 1.807) is 0 Å². The monoisotopic (exact) mass is 208 g/mol. The molecule has 0 radical (unpaired) electrons. The van der Waals surface area contributed by atoms with Crippen molar-refractivity contribution in [2.45, 2.75) is 60.3 Å². The highest BCUT2D eigenvalue weighted by molar-refractivity contribution is 5.12. The van der Waals surface area contributed by atoms with Crippen LogP contribution in [0.15, 0.2) is 0 Å². The van der Waals surface area contributed by atoms with E-state index in [1.807, 2.05) is 0 Å². The molecular weight excluding hydrogens is 180 g/mol. The van der Waals surface area contributed by atoms with Crippen molar-refractivity contribution in [3.63, 3.8) is 0 Å². The molecule has 5 unspecified atom stereocenters. The van der Waals surface area contributed by atoms with Crippen LogP contribution in [0.3, 0.4) is 0 Å². The van der Waals surface area contributed by atoms with Gasteiger partial charge in [0.2, 0.25) is 0 Å². The van der Waals surface area contributed by atoms with Crippen molar-refractivity contribution in [1.82, 2.24) is 0 Å². The third kappa shape index (κ3) is 1.33. The molecule has 2 aliphatic carbocycles. The van der Waals surface area contributed by atoms with Gasteiger partial charge in [0, 0.05) is 0 Å². The summed E-state index contributed by atoms with van der Waals surface area (Å²) in [5, 5.41) is 0. The lowest BCUT2D eigenvalue weighted by molar-refractivity contribution is -0.220. The Morgan fingerprint density at radius 2 is 1.60 bits per heavy atom. The Labute approximate surface area is 95.8 Å². The van der Waals surface area contributed by atoms with Crippen molar-refractivity contribution in [1.29, 1.82) is 0 Å². The summed E-state index contributed by atoms with van der Waals surface area (Å²) in [6, 6.07) is 0. The van der Waals surface area contributed by atoms with Gasteiger partial charge in [0.05, 0.1) is 0 Å². The molecule has 0 amide bonds. The van der Waals surface area contributed by atoms with Crippen molar-refractivity contribution in [3.05, 3.63) is 0 Å². The van der Waals surface area contributed by atoms with E-state index < -0.39 is 0 Å². The van der Waals surface area contributed by atoms with Gasteiger partial charge in [-0.05, 0) is 47.8 Å². The molecule has 0 saturated heterocycles. The summed E-state index contributed by atoms with van der Waals surface area (Å²) >= 11 is 0. The Morgan fingerprint density at radius 1 is 1.07 bits per heavy atom. The van der Waals surface area contributed by atoms with E-state index in [0.717, 1.165) is 35.0 Å². The van der Waals surface area contributed by atoms with E-state index in [0.29, 0.717) is 0 Å². The van der Waals surface area contributed by atoms with E-state index >= 15 is 0 Å². The SMILES string of the molecule is CCCC(C)C1CC(C)C12C(C)CC2C. The summed E-state index contributed by atoms with van der Waals surface area (Å²) in [7, 11) is 0. The van der Waals surface area contributed by atoms with Crippen LogP contribution in [0.2, 0.25) is 0 Å². The molecule has 2 fully saturated rings. The number of rotatable bonds is 3. The van der Waals surface area contributed by atoms with Gasteiger partial charge in [0.1, 0.15) is 0 Å². The van der Waals surface area contributed by atoms with Crippen molar-refractivity contribution in [3.8, 4) is 0 Å². The third-order valence-electron chi connectivity index (χ3n) is 5.95. The van der Waals surface area contributed by atoms with E-state index in [2.05, 4.69) is 34.6 Å². The summed E-state index contributed by atoms with van der Waals surface area (Å²) in [6.07, 6.45) is 5.80. The smallest absolute Gasteiger partial charge is 0.0189 e. The molecule has 5 atom stereocenters. The Hall–Kier alpha value is 0. The molecule has 0 aromatic heterocycles. The molecule has 0 aromatic rings. The van der Waals surface area contributed by atoms with Crippen LogP contribution in [-0.4, -0.2) is 0 Å². The molecule has 88 valence electrons. The highest BCUT2D eigenvalue weighted by Gasteiger charge is 2.64. The Kier molecular flexibility index (Phi) is 2.90. The molecule has 1 spiro atoms. The van der Waals surface area contributed by atoms with Crippen LogP contribution in [-0.2, 0) is 0 Å². The third-order valence-corrected chi connectivity index (χ3v) is 5.95. The fourth-order valence-corrected chi connectivity index (χ4v) is 5.34. The first kappa shape index (κ1) is 11.5. The molecular formula is C15H28. The van der Waals surface area contributed by atoms with Gasteiger partial charge in [-0.1, -0.05) is 47.5 Å². The minimum absolute atomic E-state index is 0.759. The normalized spacial score (nSPS) is 51.0. The highest BCUT2D eigenvalue weighted by Crippen LogP contribution is 2.71. The zero-order valence-electron chi connectivity index (χ0n) is 11.2. The van der Waals surface area contributed by atoms with E-state index in [9.17, 15) is 0 Å². The molecule has 2 saturated carbocycles. The summed E-state index contributed by atoms with van der Waals surface area (Å²) < 4.78 is 0. The van der Waals surface area contributed by atoms with Crippen molar-refractivity contribution in [2.24, 2.45) is 35.0 Å². The number of hydrogen-bond acceptors (Lipinski definition) is 0. The average Bonchev–Trinajstić information content (AvgIpc) is 2.13. The first-order chi connectivity index (χ1) is 7.05. The Morgan fingerprint density at radius 3 is 2.00 bits per heavy atom. The van der Waals surface area contributed by atoms with Gasteiger partial charge >= 0.3 is 0 Å². The lowest BCUT2D eigenvalue weighted by atomic mass is 9.34. The highest BCUT2D eigenvalue weighted by atomic mass is 14.7. The van der Waals surface area contributed by atoms with Gasteiger partial charge in [-0.25, -0.2) is 0 Å². The summed E-state index contributed by atoms with van der Waals surface area (Å²) in [4.78, 5) is 0. The molecule has 0 aromatic carbocycles. The molecule has 15 heavy (non-hydrogen) atoms. The zero-order valence-corrected chi connectivity index (χ0v) is 11.2. The Bertz CT molecular complexity index is 214. The molecule has 2 aliphatic rings. The fraction of sp³-hybridized carbons (Fsp3) is 1.00. The molecule has 0 aliphatic heterocycles. The quantitative estimate of drug-likeness (QED) is 0.628. The van der Waals surface area contributed by atoms with Gasteiger partial charge in [0.25, 0.3) is 0 Å². The molecule has 0 N–H and O–H groups in total. The van der Waals surface area contributed by atoms with Crippen LogP contribution < -0.4 is 0 Å². The van der Waals surface area contributed by atoms with Crippen LogP contribution in [0, 0.1) is 35.0 Å². The molecule has 0 heterocycles. The average molecular weight is 208 g/mol. The summed E-state index contributed by atoms with van der Waals surface area (Å²) in [5.41, 5.74) is 0.759. The lowest BCUT2D eigenvalue weighted by Crippen LogP contribution is -2.64. The Balaban J connectivity index is 2.09. The summed E-state index contributed by atoms with van der Waals surface area (Å²) in [6.45, 7) is 12.3. The fourth-order valence-electron chi connectivity index (χ4n) is 5.34. The number of hydrogen-bond donors (Lipinski definition) is 0. The molecule has 0 bridgehead atoms. The van der Waals surface area contributed by atoms with Crippen molar-refractivity contribution >= 4 is 0 Å². The molecule has 2 rings (SSSR count). The minimum atomic E-state index is 0.759. The van der Waals surface area contributed by atoms with Crippen LogP contribution in [0.4, 0.5) is 0 Å². The van der Waals surface area contributed by atoms with E-state index in [-0.39, 0.29) is 0 Å². The van der Waals surface area contributed by atoms with Gasteiger partial charge in [-0.3, -0.25) is 0 Å². The topological polar surface area (TPSA) is 0 Å². The molecule has 0 nitrogen and oxygen atoms in total. The molecule has 0 heteroatoms. The van der Waals surface area contributed by atoms with Crippen LogP contribution in [0.1, 0.15) is 60.3 Å². The van der Waals surface area contributed by atoms with Gasteiger partial charge in [-0.2, -0.15) is 0 Å². The minimum Gasteiger partial charge on any atom is -0.0654 e. The van der Waals surface area contributed by atoms with Crippen LogP contribution in [0.5, 0.6) is 0 Å². The first-order valence-electron chi connectivity index (χ1n) is 7.05. The van der Waals surface area contributed by atoms with E-state index in [4.69, 9.17) is 0 Å². The maximum absolute atomic E-state index is 2.50. The van der Waals surface area contributed by atoms with Crippen molar-refractivity contribution < 1.29 is 0 Å². The second-order valence-corrected chi connectivity index (χ2v) is 6.55. The van der Waals surface area contributed by atoms with Gasteiger partial charge in [-0.15, -0.1) is 0 Å². The second-order valence-electron chi connectivity index (χ2n) is 6.55. The van der Waals surface area contributed by atoms with Gasteiger partial charge in [0.15, 0.2) is 0 Å². The van der Waals surface area contributed by atoms with Crippen molar-refractivity contribution in [2.75, 3.05) is 0 Å². The van der Waals surface area contributed by atoms with Crippen LogP contribution in [0.25, 0.3) is 0 Å². The predicted molar refractivity (Wildman–Crippen MR) is 66.7 cm³/mol. The maximum atomic E-state index is 2.50. The first-order valence-corrected chi connectivity index (χ1v) is 7.05. The van der Waals surface area contributed by atoms with E-state index in [1.165, 1.54) is 25.7 Å². The zero-order chi connectivity index (χ0) is 11.2. The lowest BCUT2D eigenvalue weighted by Gasteiger charge is -2.70. The largest absolute Gasteiger partial charge is 0.0654 e. The summed E-state index contributed by atoms with van der Waals surface area (Å²) in [5.74, 6) is 5.02. The maximum Gasteiger partial charge on any atom is -0.0189 e. The second kappa shape index (κ2) is 3.79. The van der Waals surface area contributed by atoms with Crippen LogP contribution >= 0.6 is 0 Å². The predicted octanol–water partition coefficient (Wildman–Crippen LogP) is 4.74.